The van der Waals surface area contributed by atoms with Gasteiger partial charge in [0.05, 0.1) is 11.1 Å². The van der Waals surface area contributed by atoms with Gasteiger partial charge in [-0.3, -0.25) is 9.69 Å². The summed E-state index contributed by atoms with van der Waals surface area (Å²) in [6.07, 6.45) is 0. The lowest BCUT2D eigenvalue weighted by molar-refractivity contribution is 0.0871. The molecule has 0 atom stereocenters. The largest absolute Gasteiger partial charge is 0.478 e. The molecule has 2 aromatic carbocycles. The van der Waals surface area contributed by atoms with Crippen molar-refractivity contribution in [1.82, 2.24) is 4.90 Å². The van der Waals surface area contributed by atoms with Gasteiger partial charge in [-0.15, -0.1) is 0 Å². The second-order valence-electron chi connectivity index (χ2n) is 6.88. The third-order valence-corrected chi connectivity index (χ3v) is 4.67. The molecule has 0 fully saturated rings. The van der Waals surface area contributed by atoms with Crippen molar-refractivity contribution < 1.29 is 14.3 Å². The molecule has 0 radical (unpaired) electrons. The van der Waals surface area contributed by atoms with Crippen LogP contribution in [0.25, 0.3) is 0 Å². The third-order valence-electron chi connectivity index (χ3n) is 4.67. The van der Waals surface area contributed by atoms with E-state index in [1.807, 2.05) is 45.0 Å². The minimum atomic E-state index is -0.0181. The Balaban J connectivity index is 1.69. The van der Waals surface area contributed by atoms with Crippen LogP contribution in [-0.2, 0) is 13.1 Å². The van der Waals surface area contributed by atoms with E-state index in [-0.39, 0.29) is 5.78 Å². The number of benzene rings is 2. The number of ketones is 1. The summed E-state index contributed by atoms with van der Waals surface area (Å²) in [7, 11) is 0. The summed E-state index contributed by atoms with van der Waals surface area (Å²) in [6.45, 7) is 7.78. The van der Waals surface area contributed by atoms with Crippen LogP contribution in [0.2, 0.25) is 0 Å². The average molecular weight is 335 g/mol. The molecule has 4 nitrogen and oxygen atoms in total. The Labute approximate surface area is 147 Å². The zero-order chi connectivity index (χ0) is 17.6. The Morgan fingerprint density at radius 3 is 2.68 bits per heavy atom. The summed E-state index contributed by atoms with van der Waals surface area (Å²) < 4.78 is 11.9. The molecule has 128 valence electrons. The molecule has 0 amide bonds. The van der Waals surface area contributed by atoms with Crippen LogP contribution in [0.15, 0.2) is 47.7 Å². The Hall–Kier alpha value is -2.59. The molecule has 0 aromatic heterocycles. The number of carbonyl (C=O) groups excluding carboxylic acids is 1. The minimum absolute atomic E-state index is 0.0181. The van der Waals surface area contributed by atoms with E-state index in [0.717, 1.165) is 29.0 Å². The first-order chi connectivity index (χ1) is 12.0. The van der Waals surface area contributed by atoms with Crippen LogP contribution in [0.4, 0.5) is 0 Å². The molecule has 2 aliphatic rings. The van der Waals surface area contributed by atoms with Crippen LogP contribution in [0.1, 0.15) is 40.9 Å². The Kier molecular flexibility index (Phi) is 3.85. The van der Waals surface area contributed by atoms with Gasteiger partial charge in [0, 0.05) is 13.1 Å². The highest BCUT2D eigenvalue weighted by Gasteiger charge is 2.35. The molecule has 0 saturated carbocycles. The number of allylic oxidation sites excluding steroid dienone is 2. The van der Waals surface area contributed by atoms with Gasteiger partial charge in [0.1, 0.15) is 18.2 Å². The smallest absolute Gasteiger partial charge is 0.232 e. The SMILES string of the molecule is CC(C)=C1Oc2c3c(cc(C)c2C1=O)OCN(Cc1ccccc1)C3. The fraction of sp³-hybridized carbons (Fsp3) is 0.286. The van der Waals surface area contributed by atoms with E-state index >= 15 is 0 Å². The van der Waals surface area contributed by atoms with E-state index in [2.05, 4.69) is 17.0 Å². The lowest BCUT2D eigenvalue weighted by Crippen LogP contribution is -2.31. The van der Waals surface area contributed by atoms with Crippen LogP contribution in [0.5, 0.6) is 11.5 Å². The van der Waals surface area contributed by atoms with Gasteiger partial charge >= 0.3 is 0 Å². The monoisotopic (exact) mass is 335 g/mol. The molecule has 0 N–H and O–H groups in total. The Bertz CT molecular complexity index is 880. The lowest BCUT2D eigenvalue weighted by atomic mass is 9.98. The number of nitrogens with zero attached hydrogens (tertiary/aromatic N) is 1. The summed E-state index contributed by atoms with van der Waals surface area (Å²) in [5, 5.41) is 0. The molecular formula is C21H21NO3. The standard InChI is InChI=1S/C21H21NO3/c1-13(2)20-19(23)18-14(3)9-17-16(21(18)25-20)11-22(12-24-17)10-15-7-5-4-6-8-15/h4-9H,10-12H2,1-3H3. The van der Waals surface area contributed by atoms with Crippen molar-refractivity contribution in [3.8, 4) is 11.5 Å². The topological polar surface area (TPSA) is 38.8 Å². The van der Waals surface area contributed by atoms with Crippen LogP contribution in [0, 0.1) is 6.92 Å². The maximum Gasteiger partial charge on any atom is 0.232 e. The molecule has 4 rings (SSSR count). The number of rotatable bonds is 2. The predicted octanol–water partition coefficient (Wildman–Crippen LogP) is 4.22. The molecule has 2 aliphatic heterocycles. The molecule has 2 heterocycles. The summed E-state index contributed by atoms with van der Waals surface area (Å²) in [5.74, 6) is 1.93. The van der Waals surface area contributed by atoms with Gasteiger partial charge in [-0.25, -0.2) is 0 Å². The number of fused-ring (bicyclic) bond motifs is 3. The highest BCUT2D eigenvalue weighted by atomic mass is 16.5. The molecule has 0 aliphatic carbocycles. The zero-order valence-electron chi connectivity index (χ0n) is 14.8. The van der Waals surface area contributed by atoms with E-state index in [1.54, 1.807) is 0 Å². The van der Waals surface area contributed by atoms with Crippen LogP contribution < -0.4 is 9.47 Å². The molecule has 25 heavy (non-hydrogen) atoms. The van der Waals surface area contributed by atoms with E-state index in [4.69, 9.17) is 9.47 Å². The van der Waals surface area contributed by atoms with E-state index < -0.39 is 0 Å². The summed E-state index contributed by atoms with van der Waals surface area (Å²) in [6, 6.07) is 12.3. The van der Waals surface area contributed by atoms with Gasteiger partial charge in [-0.1, -0.05) is 30.3 Å². The van der Waals surface area contributed by atoms with Crippen LogP contribution >= 0.6 is 0 Å². The average Bonchev–Trinajstić information content (AvgIpc) is 2.95. The van der Waals surface area contributed by atoms with Crippen LogP contribution in [0.3, 0.4) is 0 Å². The summed E-state index contributed by atoms with van der Waals surface area (Å²) in [4.78, 5) is 14.9. The molecule has 0 spiro atoms. The van der Waals surface area contributed by atoms with Crippen molar-refractivity contribution in [3.63, 3.8) is 0 Å². The van der Waals surface area contributed by atoms with Gasteiger partial charge in [0.25, 0.3) is 0 Å². The molecule has 4 heteroatoms. The van der Waals surface area contributed by atoms with Crippen LogP contribution in [-0.4, -0.2) is 17.4 Å². The summed E-state index contributed by atoms with van der Waals surface area (Å²) in [5.41, 5.74) is 4.69. The first-order valence-electron chi connectivity index (χ1n) is 8.50. The number of aryl methyl sites for hydroxylation is 1. The lowest BCUT2D eigenvalue weighted by Gasteiger charge is -2.30. The molecule has 0 bridgehead atoms. The van der Waals surface area contributed by atoms with Crippen molar-refractivity contribution in [2.45, 2.75) is 33.9 Å². The van der Waals surface area contributed by atoms with Crippen molar-refractivity contribution >= 4 is 5.78 Å². The van der Waals surface area contributed by atoms with E-state index in [1.165, 1.54) is 5.56 Å². The molecule has 2 aromatic rings. The van der Waals surface area contributed by atoms with Gasteiger partial charge in [-0.2, -0.15) is 0 Å². The van der Waals surface area contributed by atoms with Crippen molar-refractivity contribution in [3.05, 3.63) is 70.0 Å². The van der Waals surface area contributed by atoms with Crippen molar-refractivity contribution in [1.29, 1.82) is 0 Å². The quantitative estimate of drug-likeness (QED) is 0.771. The Morgan fingerprint density at radius 2 is 1.96 bits per heavy atom. The normalized spacial score (nSPS) is 16.1. The third kappa shape index (κ3) is 2.72. The minimum Gasteiger partial charge on any atom is -0.478 e. The fourth-order valence-corrected chi connectivity index (χ4v) is 3.44. The first kappa shape index (κ1) is 15.9. The molecular weight excluding hydrogens is 314 g/mol. The zero-order valence-corrected chi connectivity index (χ0v) is 14.8. The van der Waals surface area contributed by atoms with Crippen molar-refractivity contribution in [2.75, 3.05) is 6.73 Å². The number of hydrogen-bond acceptors (Lipinski definition) is 4. The van der Waals surface area contributed by atoms with Gasteiger partial charge in [0.15, 0.2) is 5.76 Å². The molecule has 0 saturated heterocycles. The number of carbonyl (C=O) groups is 1. The van der Waals surface area contributed by atoms with Gasteiger partial charge in [0.2, 0.25) is 5.78 Å². The highest BCUT2D eigenvalue weighted by Crippen LogP contribution is 2.44. The first-order valence-corrected chi connectivity index (χ1v) is 8.50. The molecule has 0 unspecified atom stereocenters. The number of hydrogen-bond donors (Lipinski definition) is 0. The highest BCUT2D eigenvalue weighted by molar-refractivity contribution is 6.14. The van der Waals surface area contributed by atoms with E-state index in [9.17, 15) is 4.79 Å². The fourth-order valence-electron chi connectivity index (χ4n) is 3.44. The predicted molar refractivity (Wildman–Crippen MR) is 95.7 cm³/mol. The van der Waals surface area contributed by atoms with Crippen molar-refractivity contribution in [2.24, 2.45) is 0 Å². The summed E-state index contributed by atoms with van der Waals surface area (Å²) >= 11 is 0. The number of Topliss-reactive ketones (excluding diaryl/α,β-unsaturated/α-hetero) is 1. The number of ether oxygens (including phenoxy) is 2. The van der Waals surface area contributed by atoms with Gasteiger partial charge in [-0.05, 0) is 43.5 Å². The second-order valence-corrected chi connectivity index (χ2v) is 6.88. The maximum atomic E-state index is 12.7. The second kappa shape index (κ2) is 6.05. The Morgan fingerprint density at radius 1 is 1.20 bits per heavy atom. The van der Waals surface area contributed by atoms with Gasteiger partial charge < -0.3 is 9.47 Å². The maximum absolute atomic E-state index is 12.7. The van der Waals surface area contributed by atoms with E-state index in [0.29, 0.717) is 30.3 Å².